The smallest absolute Gasteiger partial charge is 0.273 e. The van der Waals surface area contributed by atoms with Gasteiger partial charge in [-0.1, -0.05) is 34.5 Å². The predicted octanol–water partition coefficient (Wildman–Crippen LogP) is 4.60. The van der Waals surface area contributed by atoms with E-state index in [2.05, 4.69) is 9.88 Å². The highest BCUT2D eigenvalue weighted by molar-refractivity contribution is 7.11. The molecule has 0 radical (unpaired) electrons. The largest absolute Gasteiger partial charge is 0.467 e. The molecule has 0 spiro atoms. The van der Waals surface area contributed by atoms with E-state index in [9.17, 15) is 4.79 Å². The Hall–Kier alpha value is -1.34. The van der Waals surface area contributed by atoms with Crippen molar-refractivity contribution >= 4 is 40.4 Å². The van der Waals surface area contributed by atoms with E-state index in [0.717, 1.165) is 57.1 Å². The van der Waals surface area contributed by atoms with Crippen LogP contribution in [-0.2, 0) is 0 Å². The second-order valence-corrected chi connectivity index (χ2v) is 8.97. The molecule has 0 bridgehead atoms. The van der Waals surface area contributed by atoms with E-state index in [1.807, 2.05) is 10.3 Å². The number of thiazole rings is 1. The maximum atomic E-state index is 12.7. The molecule has 2 saturated heterocycles. The van der Waals surface area contributed by atoms with Crippen molar-refractivity contribution in [1.29, 1.82) is 0 Å². The molecule has 2 aromatic rings. The molecule has 1 aromatic heterocycles. The van der Waals surface area contributed by atoms with Crippen molar-refractivity contribution in [2.45, 2.75) is 37.8 Å². The summed E-state index contributed by atoms with van der Waals surface area (Å²) in [5.41, 5.74) is 0.605. The summed E-state index contributed by atoms with van der Waals surface area (Å²) < 4.78 is 5.95. The lowest BCUT2D eigenvalue weighted by molar-refractivity contribution is 0.0425. The molecule has 0 atom stereocenters. The molecule has 0 N–H and O–H groups in total. The van der Waals surface area contributed by atoms with Crippen molar-refractivity contribution in [2.75, 3.05) is 26.2 Å². The minimum absolute atomic E-state index is 0.0348. The Kier molecular flexibility index (Phi) is 6.41. The summed E-state index contributed by atoms with van der Waals surface area (Å²) in [6.45, 7) is 3.64. The lowest BCUT2D eigenvalue weighted by Gasteiger charge is -2.41. The van der Waals surface area contributed by atoms with E-state index in [0.29, 0.717) is 21.7 Å². The quantitative estimate of drug-likeness (QED) is 0.698. The number of amides is 1. The molecule has 5 nitrogen and oxygen atoms in total. The van der Waals surface area contributed by atoms with Crippen LogP contribution in [0.5, 0.6) is 5.19 Å². The number of hydrogen-bond acceptors (Lipinski definition) is 5. The molecule has 1 aromatic carbocycles. The Balaban J connectivity index is 1.25. The summed E-state index contributed by atoms with van der Waals surface area (Å²) >= 11 is 13.6. The molecular weight excluding hydrogens is 417 g/mol. The molecule has 28 heavy (non-hydrogen) atoms. The standard InChI is InChI=1S/C20H23Cl2N3O2S/c21-17-2-1-14(13-18(17)22)19(26)25-8-3-15(4-9-25)24-10-5-16(6-11-24)27-20-23-7-12-28-20/h1-2,7,12-13,15-16H,3-6,8-11H2. The van der Waals surface area contributed by atoms with Crippen LogP contribution in [0.2, 0.25) is 10.0 Å². The normalized spacial score (nSPS) is 19.7. The van der Waals surface area contributed by atoms with E-state index < -0.39 is 0 Å². The second-order valence-electron chi connectivity index (χ2n) is 7.30. The van der Waals surface area contributed by atoms with E-state index in [-0.39, 0.29) is 12.0 Å². The summed E-state index contributed by atoms with van der Waals surface area (Å²) in [6, 6.07) is 5.63. The zero-order valence-corrected chi connectivity index (χ0v) is 17.8. The van der Waals surface area contributed by atoms with Crippen LogP contribution in [0.15, 0.2) is 29.8 Å². The minimum Gasteiger partial charge on any atom is -0.467 e. The average Bonchev–Trinajstić information content (AvgIpc) is 3.23. The van der Waals surface area contributed by atoms with Gasteiger partial charge in [0.15, 0.2) is 0 Å². The number of carbonyl (C=O) groups excluding carboxylic acids is 1. The van der Waals surface area contributed by atoms with Crippen molar-refractivity contribution in [3.63, 3.8) is 0 Å². The highest BCUT2D eigenvalue weighted by atomic mass is 35.5. The van der Waals surface area contributed by atoms with Gasteiger partial charge in [0, 0.05) is 49.4 Å². The fourth-order valence-electron chi connectivity index (χ4n) is 4.02. The maximum absolute atomic E-state index is 12.7. The Labute approximate surface area is 179 Å². The summed E-state index contributed by atoms with van der Waals surface area (Å²) in [7, 11) is 0. The van der Waals surface area contributed by atoms with Crippen molar-refractivity contribution in [3.05, 3.63) is 45.4 Å². The molecule has 3 heterocycles. The second kappa shape index (κ2) is 8.99. The first-order valence-corrected chi connectivity index (χ1v) is 11.3. The van der Waals surface area contributed by atoms with E-state index in [1.54, 1.807) is 35.7 Å². The number of halogens is 2. The van der Waals surface area contributed by atoms with Gasteiger partial charge in [0.05, 0.1) is 10.0 Å². The topological polar surface area (TPSA) is 45.7 Å². The highest BCUT2D eigenvalue weighted by Crippen LogP contribution is 2.27. The molecule has 2 aliphatic heterocycles. The molecule has 150 valence electrons. The van der Waals surface area contributed by atoms with Crippen LogP contribution in [-0.4, -0.2) is 59.0 Å². The van der Waals surface area contributed by atoms with Gasteiger partial charge < -0.3 is 9.64 Å². The molecule has 0 aliphatic carbocycles. The number of piperidine rings is 2. The zero-order chi connectivity index (χ0) is 19.5. The van der Waals surface area contributed by atoms with Crippen LogP contribution in [0.3, 0.4) is 0 Å². The lowest BCUT2D eigenvalue weighted by Crippen LogP contribution is -2.50. The Morgan fingerprint density at radius 1 is 1.07 bits per heavy atom. The minimum atomic E-state index is 0.0348. The number of carbonyl (C=O) groups is 1. The molecule has 0 unspecified atom stereocenters. The van der Waals surface area contributed by atoms with Crippen LogP contribution in [0.1, 0.15) is 36.0 Å². The third-order valence-electron chi connectivity index (χ3n) is 5.59. The first kappa shape index (κ1) is 20.0. The molecule has 4 rings (SSSR count). The van der Waals surface area contributed by atoms with Crippen molar-refractivity contribution in [1.82, 2.24) is 14.8 Å². The van der Waals surface area contributed by atoms with Crippen LogP contribution in [0, 0.1) is 0 Å². The molecule has 8 heteroatoms. The summed E-state index contributed by atoms with van der Waals surface area (Å²) in [4.78, 5) is 21.4. The average molecular weight is 440 g/mol. The van der Waals surface area contributed by atoms with Crippen LogP contribution in [0.4, 0.5) is 0 Å². The van der Waals surface area contributed by atoms with Gasteiger partial charge in [0.2, 0.25) is 0 Å². The third-order valence-corrected chi connectivity index (χ3v) is 6.99. The van der Waals surface area contributed by atoms with Crippen LogP contribution < -0.4 is 4.74 Å². The van der Waals surface area contributed by atoms with Gasteiger partial charge in [0.1, 0.15) is 6.10 Å². The van der Waals surface area contributed by atoms with Crippen molar-refractivity contribution in [2.24, 2.45) is 0 Å². The molecular formula is C20H23Cl2N3O2S. The predicted molar refractivity (Wildman–Crippen MR) is 113 cm³/mol. The number of rotatable bonds is 4. The van der Waals surface area contributed by atoms with E-state index >= 15 is 0 Å². The van der Waals surface area contributed by atoms with Crippen molar-refractivity contribution < 1.29 is 9.53 Å². The number of aromatic nitrogens is 1. The van der Waals surface area contributed by atoms with Gasteiger partial charge in [-0.25, -0.2) is 4.98 Å². The maximum Gasteiger partial charge on any atom is 0.273 e. The number of nitrogens with zero attached hydrogens (tertiary/aromatic N) is 3. The SMILES string of the molecule is O=C(c1ccc(Cl)c(Cl)c1)N1CCC(N2CCC(Oc3nccs3)CC2)CC1. The highest BCUT2D eigenvalue weighted by Gasteiger charge is 2.30. The Morgan fingerprint density at radius 3 is 2.46 bits per heavy atom. The van der Waals surface area contributed by atoms with Crippen molar-refractivity contribution in [3.8, 4) is 5.19 Å². The molecule has 2 fully saturated rings. The van der Waals surface area contributed by atoms with Crippen LogP contribution in [0.25, 0.3) is 0 Å². The van der Waals surface area contributed by atoms with Crippen LogP contribution >= 0.6 is 34.5 Å². The van der Waals surface area contributed by atoms with Gasteiger partial charge in [-0.15, -0.1) is 0 Å². The van der Waals surface area contributed by atoms with E-state index in [1.165, 1.54) is 0 Å². The molecule has 0 saturated carbocycles. The number of hydrogen-bond donors (Lipinski definition) is 0. The van der Waals surface area contributed by atoms with Gasteiger partial charge in [-0.2, -0.15) is 0 Å². The van der Waals surface area contributed by atoms with Gasteiger partial charge in [0.25, 0.3) is 11.1 Å². The van der Waals surface area contributed by atoms with E-state index in [4.69, 9.17) is 27.9 Å². The van der Waals surface area contributed by atoms with Gasteiger partial charge in [-0.3, -0.25) is 9.69 Å². The van der Waals surface area contributed by atoms with Gasteiger partial charge in [-0.05, 0) is 43.9 Å². The summed E-state index contributed by atoms with van der Waals surface area (Å²) in [6.07, 6.45) is 6.11. The fraction of sp³-hybridized carbons (Fsp3) is 0.500. The molecule has 1 amide bonds. The molecule has 2 aliphatic rings. The number of benzene rings is 1. The fourth-order valence-corrected chi connectivity index (χ4v) is 4.87. The van der Waals surface area contributed by atoms with Gasteiger partial charge >= 0.3 is 0 Å². The first-order valence-electron chi connectivity index (χ1n) is 9.64. The number of likely N-dealkylation sites (tertiary alicyclic amines) is 2. The monoisotopic (exact) mass is 439 g/mol. The third kappa shape index (κ3) is 4.62. The number of ether oxygens (including phenoxy) is 1. The Bertz CT molecular complexity index is 802. The Morgan fingerprint density at radius 2 is 1.82 bits per heavy atom. The zero-order valence-electron chi connectivity index (χ0n) is 15.5. The summed E-state index contributed by atoms with van der Waals surface area (Å²) in [5.74, 6) is 0.0348. The first-order chi connectivity index (χ1) is 13.6. The lowest BCUT2D eigenvalue weighted by atomic mass is 9.98. The summed E-state index contributed by atoms with van der Waals surface area (Å²) in [5, 5.41) is 3.61.